The highest BCUT2D eigenvalue weighted by molar-refractivity contribution is 6.32. The molecule has 1 aliphatic rings. The Morgan fingerprint density at radius 3 is 2.77 bits per heavy atom. The van der Waals surface area contributed by atoms with Crippen molar-refractivity contribution in [3.63, 3.8) is 0 Å². The zero-order chi connectivity index (χ0) is 21.8. The molecule has 0 amide bonds. The summed E-state index contributed by atoms with van der Waals surface area (Å²) in [6.45, 7) is 1.35. The first-order valence-electron chi connectivity index (χ1n) is 9.52. The standard InChI is InChI=1S/C22H17Cl3N4O2/c23-5-8-30-21-15(12-26)9-17(11-19(21)24)29-7-4-14-10-18(1-2-20(14)29)31-13-16-3-6-27-22(25)28-16/h1-3,6,9-11H,4-5,7-8,13H2. The van der Waals surface area contributed by atoms with E-state index in [0.29, 0.717) is 34.5 Å². The van der Waals surface area contributed by atoms with Gasteiger partial charge in [0.05, 0.1) is 22.2 Å². The molecule has 0 fully saturated rings. The normalized spacial score (nSPS) is 12.4. The van der Waals surface area contributed by atoms with Crippen LogP contribution in [0.2, 0.25) is 10.3 Å². The van der Waals surface area contributed by atoms with E-state index in [1.165, 1.54) is 0 Å². The molecule has 1 aromatic heterocycles. The van der Waals surface area contributed by atoms with Gasteiger partial charge in [0.2, 0.25) is 5.28 Å². The van der Waals surface area contributed by atoms with E-state index in [0.717, 1.165) is 35.7 Å². The fourth-order valence-electron chi connectivity index (χ4n) is 3.45. The van der Waals surface area contributed by atoms with Gasteiger partial charge in [0, 0.05) is 24.1 Å². The van der Waals surface area contributed by atoms with Crippen LogP contribution in [-0.2, 0) is 13.0 Å². The lowest BCUT2D eigenvalue weighted by atomic mass is 10.1. The number of nitriles is 1. The van der Waals surface area contributed by atoms with E-state index >= 15 is 0 Å². The van der Waals surface area contributed by atoms with E-state index < -0.39 is 0 Å². The molecule has 0 saturated carbocycles. The van der Waals surface area contributed by atoms with Gasteiger partial charge in [-0.15, -0.1) is 11.6 Å². The van der Waals surface area contributed by atoms with Gasteiger partial charge in [-0.2, -0.15) is 5.26 Å². The number of halogens is 3. The molecule has 1 aliphatic heterocycles. The summed E-state index contributed by atoms with van der Waals surface area (Å²) in [6, 6.07) is 13.4. The van der Waals surface area contributed by atoms with Crippen molar-refractivity contribution in [2.45, 2.75) is 13.0 Å². The Labute approximate surface area is 194 Å². The molecule has 3 aromatic rings. The van der Waals surface area contributed by atoms with Crippen LogP contribution in [0.25, 0.3) is 0 Å². The molecular weight excluding hydrogens is 459 g/mol. The summed E-state index contributed by atoms with van der Waals surface area (Å²) < 4.78 is 11.4. The molecule has 6 nitrogen and oxygen atoms in total. The molecule has 0 N–H and O–H groups in total. The van der Waals surface area contributed by atoms with Crippen molar-refractivity contribution in [1.82, 2.24) is 9.97 Å². The second kappa shape index (κ2) is 9.61. The van der Waals surface area contributed by atoms with Crippen molar-refractivity contribution in [1.29, 1.82) is 5.26 Å². The molecule has 2 aromatic carbocycles. The number of hydrogen-bond donors (Lipinski definition) is 0. The van der Waals surface area contributed by atoms with Gasteiger partial charge in [0.1, 0.15) is 25.0 Å². The summed E-state index contributed by atoms with van der Waals surface area (Å²) in [5, 5.41) is 10.1. The fraction of sp³-hybridized carbons (Fsp3) is 0.227. The second-order valence-corrected chi connectivity index (χ2v) is 7.87. The summed E-state index contributed by atoms with van der Waals surface area (Å²) >= 11 is 17.9. The minimum atomic E-state index is 0.195. The van der Waals surface area contributed by atoms with Gasteiger partial charge >= 0.3 is 0 Å². The van der Waals surface area contributed by atoms with E-state index in [1.54, 1.807) is 18.3 Å². The van der Waals surface area contributed by atoms with Crippen LogP contribution in [-0.4, -0.2) is 29.0 Å². The number of aromatic nitrogens is 2. The Kier molecular flexibility index (Phi) is 6.67. The number of fused-ring (bicyclic) bond motifs is 1. The van der Waals surface area contributed by atoms with E-state index in [2.05, 4.69) is 20.9 Å². The maximum absolute atomic E-state index is 9.54. The van der Waals surface area contributed by atoms with Crippen molar-refractivity contribution in [3.8, 4) is 17.6 Å². The van der Waals surface area contributed by atoms with Gasteiger partial charge in [0.25, 0.3) is 0 Å². The predicted octanol–water partition coefficient (Wildman–Crippen LogP) is 5.55. The van der Waals surface area contributed by atoms with Crippen molar-refractivity contribution >= 4 is 46.2 Å². The largest absolute Gasteiger partial charge is 0.489 e. The van der Waals surface area contributed by atoms with Crippen molar-refractivity contribution in [3.05, 3.63) is 69.7 Å². The summed E-state index contributed by atoms with van der Waals surface area (Å²) in [5.41, 5.74) is 4.12. The molecule has 0 unspecified atom stereocenters. The molecule has 158 valence electrons. The minimum absolute atomic E-state index is 0.195. The quantitative estimate of drug-likeness (QED) is 0.330. The van der Waals surface area contributed by atoms with Gasteiger partial charge in [-0.05, 0) is 60.0 Å². The van der Waals surface area contributed by atoms with Crippen LogP contribution in [0.1, 0.15) is 16.8 Å². The third-order valence-electron chi connectivity index (χ3n) is 4.80. The average molecular weight is 476 g/mol. The number of rotatable bonds is 7. The zero-order valence-electron chi connectivity index (χ0n) is 16.3. The Hall–Kier alpha value is -2.72. The van der Waals surface area contributed by atoms with Crippen LogP contribution in [0.4, 0.5) is 11.4 Å². The number of benzene rings is 2. The highest BCUT2D eigenvalue weighted by atomic mass is 35.5. The molecule has 0 radical (unpaired) electrons. The highest BCUT2D eigenvalue weighted by Gasteiger charge is 2.23. The number of hydrogen-bond acceptors (Lipinski definition) is 6. The maximum atomic E-state index is 9.54. The smallest absolute Gasteiger partial charge is 0.222 e. The van der Waals surface area contributed by atoms with E-state index in [1.807, 2.05) is 24.3 Å². The summed E-state index contributed by atoms with van der Waals surface area (Å²) in [4.78, 5) is 10.1. The Morgan fingerprint density at radius 1 is 1.13 bits per heavy atom. The third-order valence-corrected chi connectivity index (χ3v) is 5.42. The van der Waals surface area contributed by atoms with Crippen LogP contribution in [0.5, 0.6) is 11.5 Å². The molecule has 0 saturated heterocycles. The molecule has 2 heterocycles. The summed E-state index contributed by atoms with van der Waals surface area (Å²) in [5.74, 6) is 1.43. The zero-order valence-corrected chi connectivity index (χ0v) is 18.6. The lowest BCUT2D eigenvalue weighted by molar-refractivity contribution is 0.301. The monoisotopic (exact) mass is 474 g/mol. The van der Waals surface area contributed by atoms with Crippen LogP contribution in [0, 0.1) is 11.3 Å². The van der Waals surface area contributed by atoms with Crippen LogP contribution in [0.15, 0.2) is 42.6 Å². The van der Waals surface area contributed by atoms with E-state index in [4.69, 9.17) is 44.3 Å². The Bertz CT molecular complexity index is 1150. The maximum Gasteiger partial charge on any atom is 0.222 e. The minimum Gasteiger partial charge on any atom is -0.489 e. The van der Waals surface area contributed by atoms with Crippen LogP contribution >= 0.6 is 34.8 Å². The van der Waals surface area contributed by atoms with Gasteiger partial charge in [-0.3, -0.25) is 0 Å². The van der Waals surface area contributed by atoms with Crippen LogP contribution < -0.4 is 14.4 Å². The molecule has 9 heteroatoms. The lowest BCUT2D eigenvalue weighted by Crippen LogP contribution is -2.14. The average Bonchev–Trinajstić information content (AvgIpc) is 3.20. The second-order valence-electron chi connectivity index (χ2n) is 6.75. The molecule has 0 spiro atoms. The first-order valence-corrected chi connectivity index (χ1v) is 10.8. The van der Waals surface area contributed by atoms with Crippen molar-refractivity contribution in [2.75, 3.05) is 23.9 Å². The molecule has 31 heavy (non-hydrogen) atoms. The van der Waals surface area contributed by atoms with E-state index in [-0.39, 0.29) is 11.9 Å². The summed E-state index contributed by atoms with van der Waals surface area (Å²) in [6.07, 6.45) is 2.44. The predicted molar refractivity (Wildman–Crippen MR) is 121 cm³/mol. The SMILES string of the molecule is N#Cc1cc(N2CCc3cc(OCc4ccnc(Cl)n4)ccc32)cc(Cl)c1OCCCl. The third kappa shape index (κ3) is 4.80. The first-order chi connectivity index (χ1) is 15.1. The van der Waals surface area contributed by atoms with Gasteiger partial charge < -0.3 is 14.4 Å². The molecule has 4 rings (SSSR count). The molecule has 0 atom stereocenters. The Balaban J connectivity index is 1.54. The van der Waals surface area contributed by atoms with Gasteiger partial charge in [-0.25, -0.2) is 9.97 Å². The number of nitrogens with zero attached hydrogens (tertiary/aromatic N) is 4. The molecule has 0 bridgehead atoms. The first kappa shape index (κ1) is 21.5. The highest BCUT2D eigenvalue weighted by Crippen LogP contribution is 2.40. The lowest BCUT2D eigenvalue weighted by Gasteiger charge is -2.21. The van der Waals surface area contributed by atoms with E-state index in [9.17, 15) is 5.26 Å². The van der Waals surface area contributed by atoms with Gasteiger partial charge in [-0.1, -0.05) is 11.6 Å². The molecule has 0 aliphatic carbocycles. The topological polar surface area (TPSA) is 71.3 Å². The fourth-order valence-corrected chi connectivity index (χ4v) is 3.96. The summed E-state index contributed by atoms with van der Waals surface area (Å²) in [7, 11) is 0. The van der Waals surface area contributed by atoms with Gasteiger partial charge in [0.15, 0.2) is 5.75 Å². The Morgan fingerprint density at radius 2 is 2.00 bits per heavy atom. The number of ether oxygens (including phenoxy) is 2. The van der Waals surface area contributed by atoms with Crippen molar-refractivity contribution in [2.24, 2.45) is 0 Å². The van der Waals surface area contributed by atoms with Crippen LogP contribution in [0.3, 0.4) is 0 Å². The van der Waals surface area contributed by atoms with Crippen molar-refractivity contribution < 1.29 is 9.47 Å². The molecular formula is C22H17Cl3N4O2. The number of alkyl halides is 1. The number of anilines is 2.